The number of ether oxygens (including phenoxy) is 1. The van der Waals surface area contributed by atoms with Crippen molar-refractivity contribution in [2.45, 2.75) is 12.5 Å². The summed E-state index contributed by atoms with van der Waals surface area (Å²) in [4.78, 5) is 22.1. The normalized spacial score (nSPS) is 16.4. The molecule has 9 heteroatoms. The third-order valence-electron chi connectivity index (χ3n) is 3.92. The largest absolute Gasteiger partial charge is 0.497 e. The summed E-state index contributed by atoms with van der Waals surface area (Å²) >= 11 is 5.84. The Morgan fingerprint density at radius 2 is 2.00 bits per heavy atom. The highest BCUT2D eigenvalue weighted by Crippen LogP contribution is 2.36. The van der Waals surface area contributed by atoms with Gasteiger partial charge in [-0.3, -0.25) is 4.79 Å². The van der Waals surface area contributed by atoms with Crippen molar-refractivity contribution in [1.29, 1.82) is 0 Å². The molecule has 0 N–H and O–H groups in total. The van der Waals surface area contributed by atoms with Gasteiger partial charge in [0, 0.05) is 13.6 Å². The number of benzene rings is 1. The van der Waals surface area contributed by atoms with Gasteiger partial charge in [0.15, 0.2) is 5.82 Å². The van der Waals surface area contributed by atoms with Gasteiger partial charge in [-0.25, -0.2) is 4.98 Å². The molecular weight excluding hydrogens is 354 g/mol. The lowest BCUT2D eigenvalue weighted by atomic mass is 10.2. The summed E-state index contributed by atoms with van der Waals surface area (Å²) in [7, 11) is 2.81. The van der Waals surface area contributed by atoms with Crippen molar-refractivity contribution in [3.05, 3.63) is 41.3 Å². The average Bonchev–Trinajstić information content (AvgIpc) is 2.65. The monoisotopic (exact) mass is 368 g/mol. The molecule has 0 bridgehead atoms. The van der Waals surface area contributed by atoms with E-state index in [0.29, 0.717) is 5.75 Å². The van der Waals surface area contributed by atoms with E-state index in [2.05, 4.69) is 9.97 Å². The molecule has 0 unspecified atom stereocenters. The number of nitrogens with zero attached hydrogens (tertiary/aromatic N) is 4. The van der Waals surface area contributed by atoms with Gasteiger partial charge >= 0.3 is 5.92 Å². The van der Waals surface area contributed by atoms with E-state index in [0.717, 1.165) is 10.5 Å². The molecule has 2 aromatic rings. The van der Waals surface area contributed by atoms with Crippen LogP contribution in [0.15, 0.2) is 30.5 Å². The van der Waals surface area contributed by atoms with Crippen molar-refractivity contribution in [1.82, 2.24) is 9.97 Å². The zero-order valence-corrected chi connectivity index (χ0v) is 14.3. The number of anilines is 2. The van der Waals surface area contributed by atoms with E-state index in [-0.39, 0.29) is 23.3 Å². The van der Waals surface area contributed by atoms with Crippen molar-refractivity contribution in [3.8, 4) is 5.75 Å². The van der Waals surface area contributed by atoms with Crippen molar-refractivity contribution in [2.24, 2.45) is 0 Å². The highest BCUT2D eigenvalue weighted by molar-refractivity contribution is 6.28. The fourth-order valence-electron chi connectivity index (χ4n) is 2.63. The Bertz CT molecular complexity index is 801. The van der Waals surface area contributed by atoms with Crippen LogP contribution in [0, 0.1) is 0 Å². The molecule has 1 aromatic carbocycles. The predicted molar refractivity (Wildman–Crippen MR) is 89.4 cm³/mol. The molecule has 0 atom stereocenters. The number of fused-ring (bicyclic) bond motifs is 1. The molecule has 132 valence electrons. The summed E-state index contributed by atoms with van der Waals surface area (Å²) in [6.45, 7) is -0.677. The Labute approximate surface area is 148 Å². The van der Waals surface area contributed by atoms with E-state index in [1.807, 2.05) is 0 Å². The van der Waals surface area contributed by atoms with Crippen molar-refractivity contribution in [3.63, 3.8) is 0 Å². The second-order valence-corrected chi connectivity index (χ2v) is 5.96. The molecule has 25 heavy (non-hydrogen) atoms. The van der Waals surface area contributed by atoms with Crippen LogP contribution in [-0.4, -0.2) is 42.5 Å². The molecule has 2 heterocycles. The van der Waals surface area contributed by atoms with Gasteiger partial charge in [-0.05, 0) is 29.3 Å². The maximum atomic E-state index is 14.3. The standard InChI is InChI=1S/C16H15ClF2N4O2/c1-22-12-7-20-15(17)21-13(12)23(9-16(18,19)14(22)24)8-10-3-5-11(25-2)6-4-10/h3-7H,8-9H2,1-2H3. The Morgan fingerprint density at radius 1 is 1.32 bits per heavy atom. The van der Waals surface area contributed by atoms with Crippen LogP contribution in [0.5, 0.6) is 5.75 Å². The smallest absolute Gasteiger partial charge is 0.342 e. The average molecular weight is 369 g/mol. The van der Waals surface area contributed by atoms with Crippen LogP contribution in [0.1, 0.15) is 5.56 Å². The molecule has 0 saturated heterocycles. The maximum Gasteiger partial charge on any atom is 0.342 e. The van der Waals surface area contributed by atoms with Crippen molar-refractivity contribution >= 4 is 29.0 Å². The van der Waals surface area contributed by atoms with Crippen molar-refractivity contribution < 1.29 is 18.3 Å². The summed E-state index contributed by atoms with van der Waals surface area (Å²) in [5.41, 5.74) is 0.939. The number of halogens is 3. The molecule has 0 aliphatic carbocycles. The van der Waals surface area contributed by atoms with Crippen LogP contribution in [0.25, 0.3) is 0 Å². The molecule has 1 amide bonds. The zero-order chi connectivity index (χ0) is 18.2. The molecule has 0 radical (unpaired) electrons. The number of rotatable bonds is 3. The number of alkyl halides is 2. The molecule has 1 aliphatic rings. The van der Waals surface area contributed by atoms with Crippen LogP contribution in [0.3, 0.4) is 0 Å². The lowest BCUT2D eigenvalue weighted by Gasteiger charge is -2.25. The van der Waals surface area contributed by atoms with Gasteiger partial charge in [0.25, 0.3) is 5.91 Å². The first kappa shape index (κ1) is 17.3. The van der Waals surface area contributed by atoms with Gasteiger partial charge in [0.05, 0.1) is 19.9 Å². The molecule has 0 fully saturated rings. The summed E-state index contributed by atoms with van der Waals surface area (Å²) in [6, 6.07) is 6.98. The van der Waals surface area contributed by atoms with Crippen LogP contribution >= 0.6 is 11.6 Å². The van der Waals surface area contributed by atoms with E-state index in [9.17, 15) is 13.6 Å². The Hall–Kier alpha value is -2.48. The van der Waals surface area contributed by atoms with Gasteiger partial charge in [-0.1, -0.05) is 12.1 Å². The molecule has 1 aliphatic heterocycles. The number of carbonyl (C=O) groups excluding carboxylic acids is 1. The summed E-state index contributed by atoms with van der Waals surface area (Å²) in [5, 5.41) is -0.0791. The fourth-order valence-corrected chi connectivity index (χ4v) is 2.76. The molecule has 3 rings (SSSR count). The van der Waals surface area contributed by atoms with Crippen LogP contribution < -0.4 is 14.5 Å². The first-order valence-electron chi connectivity index (χ1n) is 7.38. The number of hydrogen-bond acceptors (Lipinski definition) is 5. The van der Waals surface area contributed by atoms with Gasteiger partial charge in [0.1, 0.15) is 11.4 Å². The number of hydrogen-bond donors (Lipinski definition) is 0. The van der Waals surface area contributed by atoms with Gasteiger partial charge in [-0.2, -0.15) is 13.8 Å². The third kappa shape index (κ3) is 3.34. The summed E-state index contributed by atoms with van der Waals surface area (Å²) in [6.07, 6.45) is 1.27. The first-order chi connectivity index (χ1) is 11.8. The number of amides is 1. The van der Waals surface area contributed by atoms with Gasteiger partial charge in [-0.15, -0.1) is 0 Å². The zero-order valence-electron chi connectivity index (χ0n) is 13.5. The Balaban J connectivity index is 2.02. The van der Waals surface area contributed by atoms with Crippen LogP contribution in [-0.2, 0) is 11.3 Å². The Kier molecular flexibility index (Phi) is 4.47. The van der Waals surface area contributed by atoms with Crippen LogP contribution in [0.4, 0.5) is 20.3 Å². The minimum absolute atomic E-state index is 0.0791. The van der Waals surface area contributed by atoms with Crippen molar-refractivity contribution in [2.75, 3.05) is 30.5 Å². The second-order valence-electron chi connectivity index (χ2n) is 5.62. The molecule has 0 saturated carbocycles. The minimum atomic E-state index is -3.56. The van der Waals surface area contributed by atoms with Gasteiger partial charge < -0.3 is 14.5 Å². The maximum absolute atomic E-state index is 14.3. The highest BCUT2D eigenvalue weighted by Gasteiger charge is 2.47. The van der Waals surface area contributed by atoms with E-state index in [1.165, 1.54) is 18.1 Å². The number of carbonyl (C=O) groups is 1. The molecule has 6 nitrogen and oxygen atoms in total. The molecule has 1 aromatic heterocycles. The van der Waals surface area contributed by atoms with E-state index in [1.54, 1.807) is 31.4 Å². The molecular formula is C16H15ClF2N4O2. The minimum Gasteiger partial charge on any atom is -0.497 e. The third-order valence-corrected chi connectivity index (χ3v) is 4.10. The SMILES string of the molecule is COc1ccc(CN2CC(F)(F)C(=O)N(C)c3cnc(Cl)nc32)cc1. The van der Waals surface area contributed by atoms with E-state index < -0.39 is 18.4 Å². The van der Waals surface area contributed by atoms with E-state index >= 15 is 0 Å². The van der Waals surface area contributed by atoms with E-state index in [4.69, 9.17) is 16.3 Å². The van der Waals surface area contributed by atoms with Crippen LogP contribution in [0.2, 0.25) is 5.28 Å². The Morgan fingerprint density at radius 3 is 2.64 bits per heavy atom. The highest BCUT2D eigenvalue weighted by atomic mass is 35.5. The quantitative estimate of drug-likeness (QED) is 0.780. The first-order valence-corrected chi connectivity index (χ1v) is 7.76. The lowest BCUT2D eigenvalue weighted by Crippen LogP contribution is -2.46. The summed E-state index contributed by atoms with van der Waals surface area (Å²) in [5.74, 6) is -4.03. The fraction of sp³-hybridized carbons (Fsp3) is 0.312. The predicted octanol–water partition coefficient (Wildman–Crippen LogP) is 2.76. The summed E-state index contributed by atoms with van der Waals surface area (Å²) < 4.78 is 33.7. The second kappa shape index (κ2) is 6.44. The molecule has 0 spiro atoms. The topological polar surface area (TPSA) is 58.6 Å². The number of methoxy groups -OCH3 is 1. The lowest BCUT2D eigenvalue weighted by molar-refractivity contribution is -0.140. The number of aromatic nitrogens is 2. The van der Waals surface area contributed by atoms with Gasteiger partial charge in [0.2, 0.25) is 5.28 Å².